The molecule has 94 valence electrons. The number of nitrogens with zero attached hydrogens (tertiary/aromatic N) is 1. The normalized spacial score (nSPS) is 26.7. The van der Waals surface area contributed by atoms with Crippen LogP contribution in [0.2, 0.25) is 0 Å². The molecular formula is C14H22N2O. The fraction of sp³-hybridized carbons (Fsp3) is 0.786. The Morgan fingerprint density at radius 2 is 2.29 bits per heavy atom. The molecule has 2 atom stereocenters. The quantitative estimate of drug-likeness (QED) is 0.732. The number of hydrogen-bond donors (Lipinski definition) is 1. The molecule has 2 fully saturated rings. The molecule has 3 heteroatoms. The van der Waals surface area contributed by atoms with E-state index in [4.69, 9.17) is 6.42 Å². The molecule has 0 aromatic heterocycles. The van der Waals surface area contributed by atoms with Crippen LogP contribution >= 0.6 is 0 Å². The summed E-state index contributed by atoms with van der Waals surface area (Å²) in [5.41, 5.74) is 0. The largest absolute Gasteiger partial charge is 0.327 e. The maximum atomic E-state index is 12.3. The summed E-state index contributed by atoms with van der Waals surface area (Å²) in [7, 11) is 0. The number of amides is 1. The molecule has 2 rings (SSSR count). The van der Waals surface area contributed by atoms with E-state index in [1.54, 1.807) is 0 Å². The Bertz CT molecular complexity index is 317. The van der Waals surface area contributed by atoms with Crippen molar-refractivity contribution in [3.05, 3.63) is 0 Å². The number of carbonyl (C=O) groups excluding carboxylic acids is 1. The minimum absolute atomic E-state index is 0.00342. The van der Waals surface area contributed by atoms with Gasteiger partial charge in [-0.2, -0.15) is 0 Å². The molecule has 2 unspecified atom stereocenters. The van der Waals surface area contributed by atoms with Crippen LogP contribution in [-0.4, -0.2) is 35.5 Å². The van der Waals surface area contributed by atoms with E-state index in [1.165, 1.54) is 12.8 Å². The lowest BCUT2D eigenvalue weighted by Crippen LogP contribution is -2.54. The average Bonchev–Trinajstić information content (AvgIpc) is 3.13. The SMILES string of the molecule is C#CC(CCC)N1CCCC(NC2CC2)C1=O. The first-order valence-electron chi connectivity index (χ1n) is 6.79. The molecule has 3 nitrogen and oxygen atoms in total. The van der Waals surface area contributed by atoms with Crippen LogP contribution < -0.4 is 5.32 Å². The Labute approximate surface area is 104 Å². The van der Waals surface area contributed by atoms with Gasteiger partial charge in [0.2, 0.25) is 5.91 Å². The van der Waals surface area contributed by atoms with Gasteiger partial charge in [0.15, 0.2) is 0 Å². The second-order valence-corrected chi connectivity index (χ2v) is 5.14. The second kappa shape index (κ2) is 5.55. The van der Waals surface area contributed by atoms with Crippen LogP contribution in [0.4, 0.5) is 0 Å². The van der Waals surface area contributed by atoms with Crippen LogP contribution in [-0.2, 0) is 4.79 Å². The minimum atomic E-state index is -0.00342. The summed E-state index contributed by atoms with van der Waals surface area (Å²) in [6.45, 7) is 2.94. The highest BCUT2D eigenvalue weighted by Gasteiger charge is 2.35. The van der Waals surface area contributed by atoms with Gasteiger partial charge in [0.1, 0.15) is 0 Å². The van der Waals surface area contributed by atoms with Crippen LogP contribution in [0, 0.1) is 12.3 Å². The third kappa shape index (κ3) is 3.01. The van der Waals surface area contributed by atoms with Crippen molar-refractivity contribution in [2.24, 2.45) is 0 Å². The van der Waals surface area contributed by atoms with E-state index in [-0.39, 0.29) is 18.0 Å². The predicted octanol–water partition coefficient (Wildman–Crippen LogP) is 1.53. The van der Waals surface area contributed by atoms with Crippen molar-refractivity contribution in [1.82, 2.24) is 10.2 Å². The van der Waals surface area contributed by atoms with Gasteiger partial charge in [0.25, 0.3) is 0 Å². The fourth-order valence-corrected chi connectivity index (χ4v) is 2.50. The molecule has 0 bridgehead atoms. The summed E-state index contributed by atoms with van der Waals surface area (Å²) in [6.07, 6.45) is 12.0. The summed E-state index contributed by atoms with van der Waals surface area (Å²) < 4.78 is 0. The molecule has 17 heavy (non-hydrogen) atoms. The van der Waals surface area contributed by atoms with Gasteiger partial charge < -0.3 is 10.2 Å². The number of likely N-dealkylation sites (tertiary alicyclic amines) is 1. The first kappa shape index (κ1) is 12.4. The van der Waals surface area contributed by atoms with Crippen LogP contribution in [0.1, 0.15) is 45.4 Å². The highest BCUT2D eigenvalue weighted by molar-refractivity contribution is 5.83. The Morgan fingerprint density at radius 3 is 2.88 bits per heavy atom. The molecule has 2 aliphatic rings. The first-order valence-corrected chi connectivity index (χ1v) is 6.79. The summed E-state index contributed by atoms with van der Waals surface area (Å²) in [4.78, 5) is 14.2. The van der Waals surface area contributed by atoms with Crippen molar-refractivity contribution in [2.75, 3.05) is 6.54 Å². The zero-order chi connectivity index (χ0) is 12.3. The van der Waals surface area contributed by atoms with Gasteiger partial charge >= 0.3 is 0 Å². The lowest BCUT2D eigenvalue weighted by atomic mass is 10.0. The third-order valence-corrected chi connectivity index (χ3v) is 3.62. The number of nitrogens with one attached hydrogen (secondary N) is 1. The van der Waals surface area contributed by atoms with E-state index in [2.05, 4.69) is 18.2 Å². The number of carbonyl (C=O) groups is 1. The topological polar surface area (TPSA) is 32.3 Å². The Kier molecular flexibility index (Phi) is 4.06. The molecule has 1 aliphatic carbocycles. The van der Waals surface area contributed by atoms with Crippen molar-refractivity contribution in [3.63, 3.8) is 0 Å². The Hall–Kier alpha value is -1.01. The maximum Gasteiger partial charge on any atom is 0.240 e. The average molecular weight is 234 g/mol. The number of hydrogen-bond acceptors (Lipinski definition) is 2. The molecule has 0 aromatic rings. The van der Waals surface area contributed by atoms with Gasteiger partial charge in [-0.3, -0.25) is 4.79 Å². The van der Waals surface area contributed by atoms with Crippen LogP contribution in [0.15, 0.2) is 0 Å². The predicted molar refractivity (Wildman–Crippen MR) is 68.4 cm³/mol. The van der Waals surface area contributed by atoms with E-state index >= 15 is 0 Å². The van der Waals surface area contributed by atoms with Crippen LogP contribution in [0.25, 0.3) is 0 Å². The number of terminal acetylenes is 1. The van der Waals surface area contributed by atoms with Crippen LogP contribution in [0.3, 0.4) is 0 Å². The highest BCUT2D eigenvalue weighted by atomic mass is 16.2. The van der Waals surface area contributed by atoms with Gasteiger partial charge in [0.05, 0.1) is 12.1 Å². The molecule has 0 spiro atoms. The molecule has 1 saturated carbocycles. The summed E-state index contributed by atoms with van der Waals surface area (Å²) in [6, 6.07) is 0.597. The van der Waals surface area contributed by atoms with E-state index < -0.39 is 0 Å². The van der Waals surface area contributed by atoms with Gasteiger partial charge in [0, 0.05) is 12.6 Å². The summed E-state index contributed by atoms with van der Waals surface area (Å²) in [5, 5.41) is 3.43. The van der Waals surface area contributed by atoms with Crippen molar-refractivity contribution in [1.29, 1.82) is 0 Å². The highest BCUT2D eigenvalue weighted by Crippen LogP contribution is 2.23. The minimum Gasteiger partial charge on any atom is -0.327 e. The molecular weight excluding hydrogens is 212 g/mol. The van der Waals surface area contributed by atoms with Gasteiger partial charge in [-0.25, -0.2) is 0 Å². The number of piperidine rings is 1. The van der Waals surface area contributed by atoms with Crippen molar-refractivity contribution >= 4 is 5.91 Å². The molecule has 1 aliphatic heterocycles. The molecule has 1 heterocycles. The zero-order valence-electron chi connectivity index (χ0n) is 10.6. The molecule has 1 saturated heterocycles. The molecule has 0 aromatic carbocycles. The van der Waals surface area contributed by atoms with Crippen molar-refractivity contribution in [2.45, 2.75) is 63.6 Å². The standard InChI is InChI=1S/C14H22N2O/c1-3-6-12(4-2)16-10-5-7-13(14(16)17)15-11-8-9-11/h2,11-13,15H,3,5-10H2,1H3. The lowest BCUT2D eigenvalue weighted by Gasteiger charge is -2.36. The van der Waals surface area contributed by atoms with Crippen molar-refractivity contribution < 1.29 is 4.79 Å². The van der Waals surface area contributed by atoms with E-state index in [9.17, 15) is 4.79 Å². The monoisotopic (exact) mass is 234 g/mol. The van der Waals surface area contributed by atoms with E-state index in [0.717, 1.165) is 32.2 Å². The van der Waals surface area contributed by atoms with E-state index in [1.807, 2.05) is 4.90 Å². The molecule has 1 N–H and O–H groups in total. The molecule has 0 radical (unpaired) electrons. The Morgan fingerprint density at radius 1 is 1.53 bits per heavy atom. The fourth-order valence-electron chi connectivity index (χ4n) is 2.50. The second-order valence-electron chi connectivity index (χ2n) is 5.14. The zero-order valence-corrected chi connectivity index (χ0v) is 10.6. The third-order valence-electron chi connectivity index (χ3n) is 3.62. The smallest absolute Gasteiger partial charge is 0.240 e. The van der Waals surface area contributed by atoms with Gasteiger partial charge in [-0.15, -0.1) is 6.42 Å². The maximum absolute atomic E-state index is 12.3. The van der Waals surface area contributed by atoms with Crippen LogP contribution in [0.5, 0.6) is 0 Å². The van der Waals surface area contributed by atoms with E-state index in [0.29, 0.717) is 6.04 Å². The first-order chi connectivity index (χ1) is 8.26. The van der Waals surface area contributed by atoms with Gasteiger partial charge in [-0.1, -0.05) is 19.3 Å². The van der Waals surface area contributed by atoms with Crippen molar-refractivity contribution in [3.8, 4) is 12.3 Å². The summed E-state index contributed by atoms with van der Waals surface area (Å²) >= 11 is 0. The van der Waals surface area contributed by atoms with Gasteiger partial charge in [-0.05, 0) is 32.1 Å². The lowest BCUT2D eigenvalue weighted by molar-refractivity contribution is -0.137. The molecule has 1 amide bonds. The Balaban J connectivity index is 1.96. The summed E-state index contributed by atoms with van der Waals surface area (Å²) in [5.74, 6) is 2.99. The number of rotatable bonds is 5.